The van der Waals surface area contributed by atoms with Crippen molar-refractivity contribution in [3.05, 3.63) is 0 Å². The maximum atomic E-state index is 6.09. The average Bonchev–Trinajstić information content (AvgIpc) is 1.98. The van der Waals surface area contributed by atoms with E-state index in [0.717, 1.165) is 6.61 Å². The van der Waals surface area contributed by atoms with Gasteiger partial charge in [-0.1, -0.05) is 41.0 Å². The Morgan fingerprint density at radius 1 is 1.23 bits per heavy atom. The lowest BCUT2D eigenvalue weighted by atomic mass is 10.1. The molecule has 0 spiro atoms. The molecule has 2 heteroatoms. The van der Waals surface area contributed by atoms with E-state index in [9.17, 15) is 0 Å². The second-order valence-corrected chi connectivity index (χ2v) is 10.4. The summed E-state index contributed by atoms with van der Waals surface area (Å²) in [4.78, 5) is 0. The smallest absolute Gasteiger partial charge is 0.191 e. The van der Waals surface area contributed by atoms with E-state index in [0.29, 0.717) is 11.0 Å². The van der Waals surface area contributed by atoms with Gasteiger partial charge in [0, 0.05) is 6.61 Å². The lowest BCUT2D eigenvalue weighted by Gasteiger charge is -2.36. The van der Waals surface area contributed by atoms with E-state index in [-0.39, 0.29) is 0 Å². The summed E-state index contributed by atoms with van der Waals surface area (Å²) in [5.41, 5.74) is 0. The molecule has 1 atom stereocenters. The van der Waals surface area contributed by atoms with Crippen LogP contribution in [-0.2, 0) is 4.43 Å². The zero-order valence-electron chi connectivity index (χ0n) is 10.4. The summed E-state index contributed by atoms with van der Waals surface area (Å²) in [5.74, 6) is 0.703. The predicted molar refractivity (Wildman–Crippen MR) is 62.6 cm³/mol. The van der Waals surface area contributed by atoms with E-state index in [1.807, 2.05) is 0 Å². The van der Waals surface area contributed by atoms with Gasteiger partial charge in [-0.2, -0.15) is 0 Å². The summed E-state index contributed by atoms with van der Waals surface area (Å²) < 4.78 is 6.09. The molecule has 0 saturated heterocycles. The molecule has 0 unspecified atom stereocenters. The molecule has 0 radical (unpaired) electrons. The molecule has 0 heterocycles. The lowest BCUT2D eigenvalue weighted by Crippen LogP contribution is -2.41. The zero-order chi connectivity index (χ0) is 10.7. The molecule has 0 aliphatic carbocycles. The van der Waals surface area contributed by atoms with E-state index in [4.69, 9.17) is 4.43 Å². The van der Waals surface area contributed by atoms with Crippen molar-refractivity contribution in [1.82, 2.24) is 0 Å². The number of hydrogen-bond acceptors (Lipinski definition) is 1. The summed E-state index contributed by atoms with van der Waals surface area (Å²) >= 11 is 0. The van der Waals surface area contributed by atoms with Gasteiger partial charge in [0.2, 0.25) is 0 Å². The minimum Gasteiger partial charge on any atom is -0.417 e. The number of rotatable bonds is 4. The second-order valence-electron chi connectivity index (χ2n) is 5.58. The van der Waals surface area contributed by atoms with Crippen molar-refractivity contribution in [2.45, 2.75) is 59.2 Å². The molecule has 0 saturated carbocycles. The van der Waals surface area contributed by atoms with Gasteiger partial charge in [-0.25, -0.2) is 0 Å². The Balaban J connectivity index is 4.04. The first-order valence-electron chi connectivity index (χ1n) is 5.34. The molecular formula is C11H26OSi. The van der Waals surface area contributed by atoms with Crippen molar-refractivity contribution in [3.8, 4) is 0 Å². The largest absolute Gasteiger partial charge is 0.417 e. The monoisotopic (exact) mass is 202 g/mol. The van der Waals surface area contributed by atoms with Crippen LogP contribution in [0.4, 0.5) is 0 Å². The van der Waals surface area contributed by atoms with Crippen molar-refractivity contribution in [1.29, 1.82) is 0 Å². The van der Waals surface area contributed by atoms with E-state index in [1.54, 1.807) is 0 Å². The quantitative estimate of drug-likeness (QED) is 0.625. The van der Waals surface area contributed by atoms with Crippen LogP contribution >= 0.6 is 0 Å². The molecule has 0 N–H and O–H groups in total. The van der Waals surface area contributed by atoms with Crippen LogP contribution in [0.2, 0.25) is 18.1 Å². The Kier molecular flexibility index (Phi) is 4.67. The van der Waals surface area contributed by atoms with Crippen LogP contribution in [0.5, 0.6) is 0 Å². The third-order valence-electron chi connectivity index (χ3n) is 3.23. The predicted octanol–water partition coefficient (Wildman–Crippen LogP) is 4.05. The zero-order valence-corrected chi connectivity index (χ0v) is 11.4. The van der Waals surface area contributed by atoms with E-state index >= 15 is 0 Å². The van der Waals surface area contributed by atoms with Crippen LogP contribution in [-0.4, -0.2) is 14.9 Å². The van der Waals surface area contributed by atoms with Crippen LogP contribution in [0.1, 0.15) is 41.0 Å². The van der Waals surface area contributed by atoms with Crippen LogP contribution in [0.25, 0.3) is 0 Å². The summed E-state index contributed by atoms with van der Waals surface area (Å²) in [6, 6.07) is 0. The molecule has 0 rings (SSSR count). The molecule has 0 aliphatic heterocycles. The van der Waals surface area contributed by atoms with Gasteiger partial charge >= 0.3 is 0 Å². The standard InChI is InChI=1S/C11H26OSi/c1-8-10(2)9-12-13(6,7)11(3,4)5/h10H,8-9H2,1-7H3/t10-/m1/s1. The molecule has 0 aromatic rings. The Labute approximate surface area is 85.0 Å². The van der Waals surface area contributed by atoms with Crippen LogP contribution in [0.3, 0.4) is 0 Å². The van der Waals surface area contributed by atoms with E-state index in [1.165, 1.54) is 6.42 Å². The summed E-state index contributed by atoms with van der Waals surface area (Å²) in [7, 11) is -1.48. The van der Waals surface area contributed by atoms with Crippen molar-refractivity contribution in [2.24, 2.45) is 5.92 Å². The third-order valence-corrected chi connectivity index (χ3v) is 7.73. The van der Waals surface area contributed by atoms with E-state index < -0.39 is 8.32 Å². The van der Waals surface area contributed by atoms with E-state index in [2.05, 4.69) is 47.7 Å². The Hall–Kier alpha value is 0.177. The van der Waals surface area contributed by atoms with Crippen LogP contribution < -0.4 is 0 Å². The van der Waals surface area contributed by atoms with Crippen molar-refractivity contribution < 1.29 is 4.43 Å². The maximum Gasteiger partial charge on any atom is 0.191 e. The van der Waals surface area contributed by atoms with Gasteiger partial charge in [0.15, 0.2) is 8.32 Å². The van der Waals surface area contributed by atoms with Gasteiger partial charge in [0.25, 0.3) is 0 Å². The highest BCUT2D eigenvalue weighted by Gasteiger charge is 2.37. The molecule has 0 aliphatic rings. The first-order chi connectivity index (χ1) is 5.70. The topological polar surface area (TPSA) is 9.23 Å². The van der Waals surface area contributed by atoms with Gasteiger partial charge in [0.1, 0.15) is 0 Å². The highest BCUT2D eigenvalue weighted by Crippen LogP contribution is 2.36. The normalized spacial score (nSPS) is 15.9. The van der Waals surface area contributed by atoms with Crippen LogP contribution in [0, 0.1) is 5.92 Å². The lowest BCUT2D eigenvalue weighted by molar-refractivity contribution is 0.234. The molecule has 1 nitrogen and oxygen atoms in total. The SMILES string of the molecule is CC[C@@H](C)CO[Si](C)(C)C(C)(C)C. The first-order valence-corrected chi connectivity index (χ1v) is 8.25. The summed E-state index contributed by atoms with van der Waals surface area (Å²) in [5, 5.41) is 0.348. The number of hydrogen-bond donors (Lipinski definition) is 0. The molecule has 0 amide bonds. The minimum absolute atomic E-state index is 0.348. The summed E-state index contributed by atoms with van der Waals surface area (Å²) in [6.45, 7) is 16.9. The van der Waals surface area contributed by atoms with Gasteiger partial charge < -0.3 is 4.43 Å². The Morgan fingerprint density at radius 3 is 2.00 bits per heavy atom. The highest BCUT2D eigenvalue weighted by atomic mass is 28.4. The van der Waals surface area contributed by atoms with Crippen molar-refractivity contribution in [3.63, 3.8) is 0 Å². The Bertz CT molecular complexity index is 147. The molecule has 13 heavy (non-hydrogen) atoms. The molecular weight excluding hydrogens is 176 g/mol. The third kappa shape index (κ3) is 4.27. The first kappa shape index (κ1) is 13.2. The molecule has 0 bridgehead atoms. The fourth-order valence-corrected chi connectivity index (χ4v) is 1.82. The van der Waals surface area contributed by atoms with Gasteiger partial charge in [-0.05, 0) is 24.1 Å². The fraction of sp³-hybridized carbons (Fsp3) is 1.00. The maximum absolute atomic E-state index is 6.09. The van der Waals surface area contributed by atoms with Gasteiger partial charge in [0.05, 0.1) is 0 Å². The fourth-order valence-electron chi connectivity index (χ4n) is 0.685. The molecule has 0 aromatic carbocycles. The summed E-state index contributed by atoms with van der Waals surface area (Å²) in [6.07, 6.45) is 1.22. The minimum atomic E-state index is -1.48. The highest BCUT2D eigenvalue weighted by molar-refractivity contribution is 6.74. The molecule has 80 valence electrons. The van der Waals surface area contributed by atoms with Crippen LogP contribution in [0.15, 0.2) is 0 Å². The van der Waals surface area contributed by atoms with Gasteiger partial charge in [-0.15, -0.1) is 0 Å². The average molecular weight is 202 g/mol. The second kappa shape index (κ2) is 4.60. The molecule has 0 fully saturated rings. The van der Waals surface area contributed by atoms with Crippen molar-refractivity contribution >= 4 is 8.32 Å². The van der Waals surface area contributed by atoms with Crippen molar-refractivity contribution in [2.75, 3.05) is 6.61 Å². The molecule has 0 aromatic heterocycles. The Morgan fingerprint density at radius 2 is 1.69 bits per heavy atom. The van der Waals surface area contributed by atoms with Gasteiger partial charge in [-0.3, -0.25) is 0 Å².